The van der Waals surface area contributed by atoms with Crippen molar-refractivity contribution in [2.75, 3.05) is 7.11 Å². The Hall–Kier alpha value is -3.93. The molecule has 5 rings (SSSR count). The highest BCUT2D eigenvalue weighted by molar-refractivity contribution is 5.91. The van der Waals surface area contributed by atoms with Gasteiger partial charge in [0.2, 0.25) is 0 Å². The molecule has 0 spiro atoms. The second-order valence-electron chi connectivity index (χ2n) is 6.38. The van der Waals surface area contributed by atoms with Crippen molar-refractivity contribution in [2.45, 2.75) is 0 Å². The third kappa shape index (κ3) is 2.39. The summed E-state index contributed by atoms with van der Waals surface area (Å²) in [6, 6.07) is 21.3. The third-order valence-electron chi connectivity index (χ3n) is 4.78. The quantitative estimate of drug-likeness (QED) is 0.513. The number of methoxy groups -OCH3 is 1. The highest BCUT2D eigenvalue weighted by Gasteiger charge is 2.20. The Morgan fingerprint density at radius 1 is 0.857 bits per heavy atom. The predicted octanol–water partition coefficient (Wildman–Crippen LogP) is 4.33. The van der Waals surface area contributed by atoms with Crippen molar-refractivity contribution in [1.29, 1.82) is 0 Å². The van der Waals surface area contributed by atoms with Crippen LogP contribution >= 0.6 is 0 Å². The fourth-order valence-corrected chi connectivity index (χ4v) is 3.46. The summed E-state index contributed by atoms with van der Waals surface area (Å²) in [5, 5.41) is 20.4. The molecule has 0 unspecified atom stereocenters. The molecule has 2 aromatic carbocycles. The van der Waals surface area contributed by atoms with Gasteiger partial charge in [0.15, 0.2) is 23.0 Å². The van der Waals surface area contributed by atoms with Gasteiger partial charge in [-0.05, 0) is 35.9 Å². The number of hydrogen-bond donors (Lipinski definition) is 1. The first-order valence-electron chi connectivity index (χ1n) is 8.82. The number of hydrogen-bond acceptors (Lipinski definition) is 5. The first-order valence-corrected chi connectivity index (χ1v) is 8.82. The minimum Gasteiger partial charge on any atom is -0.504 e. The van der Waals surface area contributed by atoms with Gasteiger partial charge in [-0.2, -0.15) is 0 Å². The van der Waals surface area contributed by atoms with Crippen LogP contribution in [0.5, 0.6) is 11.5 Å². The zero-order chi connectivity index (χ0) is 19.1. The molecule has 1 N–H and O–H groups in total. The van der Waals surface area contributed by atoms with E-state index < -0.39 is 0 Å². The van der Waals surface area contributed by atoms with Crippen LogP contribution in [-0.4, -0.2) is 31.8 Å². The van der Waals surface area contributed by atoms with E-state index in [0.717, 1.165) is 22.2 Å². The van der Waals surface area contributed by atoms with Crippen molar-refractivity contribution in [1.82, 2.24) is 19.6 Å². The summed E-state index contributed by atoms with van der Waals surface area (Å²) >= 11 is 0. The largest absolute Gasteiger partial charge is 0.504 e. The number of ether oxygens (including phenoxy) is 1. The number of phenols is 1. The standard InChI is InChI=1S/C22H16N4O2/c1-28-18-11-5-10-16(19(18)27)21-24-25-22-17(14-7-3-2-4-8-14)13-15-9-6-12-23-20(15)26(21)22/h2-13,27H,1H3. The average molecular weight is 368 g/mol. The van der Waals surface area contributed by atoms with Crippen molar-refractivity contribution in [2.24, 2.45) is 0 Å². The normalized spacial score (nSPS) is 11.2. The summed E-state index contributed by atoms with van der Waals surface area (Å²) in [6.07, 6.45) is 1.74. The maximum absolute atomic E-state index is 10.7. The number of aromatic nitrogens is 4. The zero-order valence-corrected chi connectivity index (χ0v) is 15.1. The molecule has 0 atom stereocenters. The number of para-hydroxylation sites is 1. The van der Waals surface area contributed by atoms with E-state index in [1.807, 2.05) is 52.9 Å². The lowest BCUT2D eigenvalue weighted by molar-refractivity contribution is 0.374. The van der Waals surface area contributed by atoms with E-state index in [2.05, 4.69) is 21.2 Å². The van der Waals surface area contributed by atoms with Gasteiger partial charge in [-0.15, -0.1) is 10.2 Å². The zero-order valence-electron chi connectivity index (χ0n) is 15.1. The molecule has 5 aromatic rings. The summed E-state index contributed by atoms with van der Waals surface area (Å²) < 4.78 is 7.13. The highest BCUT2D eigenvalue weighted by Crippen LogP contribution is 2.38. The van der Waals surface area contributed by atoms with Gasteiger partial charge in [-0.1, -0.05) is 36.4 Å². The van der Waals surface area contributed by atoms with Crippen LogP contribution in [-0.2, 0) is 0 Å². The van der Waals surface area contributed by atoms with E-state index in [4.69, 9.17) is 4.74 Å². The molecule has 3 aromatic heterocycles. The van der Waals surface area contributed by atoms with E-state index in [9.17, 15) is 5.11 Å². The van der Waals surface area contributed by atoms with Gasteiger partial charge in [0, 0.05) is 17.1 Å². The van der Waals surface area contributed by atoms with Crippen LogP contribution in [0.1, 0.15) is 0 Å². The van der Waals surface area contributed by atoms with Crippen molar-refractivity contribution >= 4 is 16.7 Å². The number of fused-ring (bicyclic) bond motifs is 3. The summed E-state index contributed by atoms with van der Waals surface area (Å²) in [7, 11) is 1.52. The first-order chi connectivity index (χ1) is 13.8. The van der Waals surface area contributed by atoms with E-state index in [1.165, 1.54) is 7.11 Å². The van der Waals surface area contributed by atoms with Crippen LogP contribution in [0.15, 0.2) is 72.9 Å². The second-order valence-corrected chi connectivity index (χ2v) is 6.38. The second kappa shape index (κ2) is 6.35. The number of rotatable bonds is 3. The van der Waals surface area contributed by atoms with Crippen molar-refractivity contribution in [3.05, 3.63) is 72.9 Å². The monoisotopic (exact) mass is 368 g/mol. The Balaban J connectivity index is 1.90. The fraction of sp³-hybridized carbons (Fsp3) is 0.0455. The number of nitrogens with zero attached hydrogens (tertiary/aromatic N) is 4. The van der Waals surface area contributed by atoms with Gasteiger partial charge in [0.25, 0.3) is 0 Å². The molecule has 0 amide bonds. The number of aromatic hydroxyl groups is 1. The predicted molar refractivity (Wildman–Crippen MR) is 107 cm³/mol. The van der Waals surface area contributed by atoms with E-state index >= 15 is 0 Å². The van der Waals surface area contributed by atoms with Gasteiger partial charge < -0.3 is 9.84 Å². The lowest BCUT2D eigenvalue weighted by Crippen LogP contribution is -1.97. The molecule has 0 aliphatic carbocycles. The van der Waals surface area contributed by atoms with Gasteiger partial charge in [0.05, 0.1) is 12.7 Å². The number of benzene rings is 2. The van der Waals surface area contributed by atoms with Crippen molar-refractivity contribution in [3.8, 4) is 34.0 Å². The topological polar surface area (TPSA) is 72.5 Å². The van der Waals surface area contributed by atoms with Crippen LogP contribution in [0, 0.1) is 0 Å². The maximum Gasteiger partial charge on any atom is 0.173 e. The molecule has 28 heavy (non-hydrogen) atoms. The molecule has 6 heteroatoms. The fourth-order valence-electron chi connectivity index (χ4n) is 3.46. The Kier molecular flexibility index (Phi) is 3.69. The summed E-state index contributed by atoms with van der Waals surface area (Å²) in [4.78, 5) is 4.54. The molecule has 0 radical (unpaired) electrons. The molecule has 0 fully saturated rings. The van der Waals surface area contributed by atoms with Crippen LogP contribution in [0.3, 0.4) is 0 Å². The lowest BCUT2D eigenvalue weighted by Gasteiger charge is -2.10. The minimum absolute atomic E-state index is 0.0218. The summed E-state index contributed by atoms with van der Waals surface area (Å²) in [5.74, 6) is 0.909. The van der Waals surface area contributed by atoms with E-state index in [-0.39, 0.29) is 5.75 Å². The van der Waals surface area contributed by atoms with Gasteiger partial charge in [-0.25, -0.2) is 4.98 Å². The Morgan fingerprint density at radius 3 is 2.54 bits per heavy atom. The van der Waals surface area contributed by atoms with E-state index in [0.29, 0.717) is 22.8 Å². The molecular formula is C22H16N4O2. The van der Waals surface area contributed by atoms with Crippen LogP contribution in [0.4, 0.5) is 0 Å². The Labute approximate surface area is 160 Å². The van der Waals surface area contributed by atoms with Gasteiger partial charge in [0.1, 0.15) is 5.65 Å². The number of phenolic OH excluding ortho intramolecular Hbond substituents is 1. The molecule has 0 bridgehead atoms. The molecule has 0 saturated heterocycles. The third-order valence-corrected chi connectivity index (χ3v) is 4.78. The smallest absolute Gasteiger partial charge is 0.173 e. The highest BCUT2D eigenvalue weighted by atomic mass is 16.5. The Morgan fingerprint density at radius 2 is 1.71 bits per heavy atom. The van der Waals surface area contributed by atoms with Crippen LogP contribution in [0.25, 0.3) is 39.2 Å². The number of pyridine rings is 2. The van der Waals surface area contributed by atoms with Crippen LogP contribution < -0.4 is 4.74 Å². The Bertz CT molecular complexity index is 1310. The SMILES string of the molecule is COc1cccc(-c2nnc3c(-c4ccccc4)cc4cccnc4n23)c1O. The van der Waals surface area contributed by atoms with Gasteiger partial charge in [-0.3, -0.25) is 4.40 Å². The lowest BCUT2D eigenvalue weighted by atomic mass is 10.1. The van der Waals surface area contributed by atoms with Gasteiger partial charge >= 0.3 is 0 Å². The molecule has 136 valence electrons. The molecule has 3 heterocycles. The maximum atomic E-state index is 10.7. The molecule has 0 saturated carbocycles. The summed E-state index contributed by atoms with van der Waals surface area (Å²) in [6.45, 7) is 0. The van der Waals surface area contributed by atoms with E-state index in [1.54, 1.807) is 18.3 Å². The molecule has 0 aliphatic rings. The molecule has 0 aliphatic heterocycles. The first kappa shape index (κ1) is 16.3. The van der Waals surface area contributed by atoms with Crippen molar-refractivity contribution in [3.63, 3.8) is 0 Å². The van der Waals surface area contributed by atoms with Crippen molar-refractivity contribution < 1.29 is 9.84 Å². The van der Waals surface area contributed by atoms with Crippen LogP contribution in [0.2, 0.25) is 0 Å². The summed E-state index contributed by atoms with van der Waals surface area (Å²) in [5.41, 5.74) is 3.91. The minimum atomic E-state index is 0.0218. The molecular weight excluding hydrogens is 352 g/mol. The molecule has 6 nitrogen and oxygen atoms in total. The average Bonchev–Trinajstić information content (AvgIpc) is 3.19.